The monoisotopic (exact) mass is 286 g/mol. The summed E-state index contributed by atoms with van der Waals surface area (Å²) >= 11 is 0. The third-order valence-corrected chi connectivity index (χ3v) is 3.72. The Morgan fingerprint density at radius 3 is 2.52 bits per heavy atom. The van der Waals surface area contributed by atoms with Gasteiger partial charge in [-0.3, -0.25) is 4.79 Å². The molecule has 0 aliphatic rings. The molecule has 0 bridgehead atoms. The van der Waals surface area contributed by atoms with Gasteiger partial charge < -0.3 is 5.32 Å². The van der Waals surface area contributed by atoms with Crippen molar-refractivity contribution in [2.24, 2.45) is 5.41 Å². The summed E-state index contributed by atoms with van der Waals surface area (Å²) in [6, 6.07) is 11.3. The SMILES string of the molecule is CCCCCC(C)(C)CNC(=O)C(C#N)c1ccccc1. The van der Waals surface area contributed by atoms with E-state index in [1.165, 1.54) is 19.3 Å². The van der Waals surface area contributed by atoms with E-state index >= 15 is 0 Å². The average molecular weight is 286 g/mol. The molecule has 0 spiro atoms. The van der Waals surface area contributed by atoms with Gasteiger partial charge >= 0.3 is 0 Å². The van der Waals surface area contributed by atoms with Crippen LogP contribution in [0.1, 0.15) is 57.9 Å². The smallest absolute Gasteiger partial charge is 0.241 e. The van der Waals surface area contributed by atoms with Crippen LogP contribution >= 0.6 is 0 Å². The predicted octanol–water partition coefficient (Wildman–Crippen LogP) is 4.02. The highest BCUT2D eigenvalue weighted by molar-refractivity contribution is 5.86. The Bertz CT molecular complexity index is 474. The number of nitriles is 1. The van der Waals surface area contributed by atoms with Crippen LogP contribution in [0.2, 0.25) is 0 Å². The normalized spacial score (nSPS) is 12.5. The molecule has 1 rings (SSSR count). The van der Waals surface area contributed by atoms with Crippen molar-refractivity contribution in [1.82, 2.24) is 5.32 Å². The summed E-state index contributed by atoms with van der Waals surface area (Å²) in [4.78, 5) is 12.2. The highest BCUT2D eigenvalue weighted by atomic mass is 16.1. The Hall–Kier alpha value is -1.82. The van der Waals surface area contributed by atoms with Crippen molar-refractivity contribution in [3.05, 3.63) is 35.9 Å². The molecule has 1 unspecified atom stereocenters. The number of nitrogens with one attached hydrogen (secondary N) is 1. The molecule has 1 atom stereocenters. The molecular weight excluding hydrogens is 260 g/mol. The molecule has 21 heavy (non-hydrogen) atoms. The second kappa shape index (κ2) is 8.46. The molecule has 0 aliphatic heterocycles. The van der Waals surface area contributed by atoms with Crippen LogP contribution < -0.4 is 5.32 Å². The number of hydrogen-bond acceptors (Lipinski definition) is 2. The first-order chi connectivity index (χ1) is 10.00. The lowest BCUT2D eigenvalue weighted by Gasteiger charge is -2.25. The van der Waals surface area contributed by atoms with E-state index in [1.54, 1.807) is 0 Å². The first kappa shape index (κ1) is 17.2. The largest absolute Gasteiger partial charge is 0.354 e. The summed E-state index contributed by atoms with van der Waals surface area (Å²) in [6.07, 6.45) is 4.69. The van der Waals surface area contributed by atoms with Gasteiger partial charge in [-0.15, -0.1) is 0 Å². The minimum absolute atomic E-state index is 0.0710. The van der Waals surface area contributed by atoms with Crippen LogP contribution in [0, 0.1) is 16.7 Å². The van der Waals surface area contributed by atoms with Gasteiger partial charge in [-0.05, 0) is 17.4 Å². The van der Waals surface area contributed by atoms with Crippen molar-refractivity contribution in [2.45, 2.75) is 52.4 Å². The van der Waals surface area contributed by atoms with E-state index in [9.17, 15) is 10.1 Å². The lowest BCUT2D eigenvalue weighted by Crippen LogP contribution is -2.36. The molecule has 114 valence electrons. The molecule has 0 saturated carbocycles. The Balaban J connectivity index is 2.54. The second-order valence-corrected chi connectivity index (χ2v) is 6.31. The number of rotatable bonds is 8. The van der Waals surface area contributed by atoms with Crippen LogP contribution in [0.3, 0.4) is 0 Å². The van der Waals surface area contributed by atoms with E-state index in [-0.39, 0.29) is 11.3 Å². The van der Waals surface area contributed by atoms with Crippen molar-refractivity contribution in [1.29, 1.82) is 5.26 Å². The molecule has 0 aromatic heterocycles. The molecule has 0 aliphatic carbocycles. The fourth-order valence-corrected chi connectivity index (χ4v) is 2.30. The van der Waals surface area contributed by atoms with E-state index < -0.39 is 5.92 Å². The predicted molar refractivity (Wildman–Crippen MR) is 85.7 cm³/mol. The zero-order chi connectivity index (χ0) is 15.7. The highest BCUT2D eigenvalue weighted by Crippen LogP contribution is 2.23. The second-order valence-electron chi connectivity index (χ2n) is 6.31. The maximum absolute atomic E-state index is 12.2. The molecule has 0 heterocycles. The minimum atomic E-state index is -0.724. The Morgan fingerprint density at radius 2 is 1.95 bits per heavy atom. The molecule has 1 aromatic rings. The molecule has 3 nitrogen and oxygen atoms in total. The summed E-state index contributed by atoms with van der Waals surface area (Å²) in [6.45, 7) is 7.12. The Kier molecular flexibility index (Phi) is 6.94. The third-order valence-electron chi connectivity index (χ3n) is 3.72. The highest BCUT2D eigenvalue weighted by Gasteiger charge is 2.23. The van der Waals surface area contributed by atoms with Gasteiger partial charge in [-0.2, -0.15) is 5.26 Å². The van der Waals surface area contributed by atoms with Crippen LogP contribution in [0.5, 0.6) is 0 Å². The van der Waals surface area contributed by atoms with Crippen LogP contribution in [0.25, 0.3) is 0 Å². The molecule has 0 radical (unpaired) electrons. The summed E-state index contributed by atoms with van der Waals surface area (Å²) < 4.78 is 0. The van der Waals surface area contributed by atoms with E-state index in [2.05, 4.69) is 32.2 Å². The summed E-state index contributed by atoms with van der Waals surface area (Å²) in [5, 5.41) is 12.2. The van der Waals surface area contributed by atoms with Crippen LogP contribution in [-0.2, 0) is 4.79 Å². The maximum atomic E-state index is 12.2. The topological polar surface area (TPSA) is 52.9 Å². The fraction of sp³-hybridized carbons (Fsp3) is 0.556. The van der Waals surface area contributed by atoms with Crippen molar-refractivity contribution in [3.8, 4) is 6.07 Å². The number of carbonyl (C=O) groups excluding carboxylic acids is 1. The van der Waals surface area contributed by atoms with Crippen LogP contribution in [0.15, 0.2) is 30.3 Å². The number of unbranched alkanes of at least 4 members (excludes halogenated alkanes) is 2. The quantitative estimate of drug-likeness (QED) is 0.734. The van der Waals surface area contributed by atoms with Gasteiger partial charge in [0, 0.05) is 6.54 Å². The van der Waals surface area contributed by atoms with Crippen molar-refractivity contribution < 1.29 is 4.79 Å². The molecule has 1 amide bonds. The zero-order valence-electron chi connectivity index (χ0n) is 13.4. The van der Waals surface area contributed by atoms with Crippen LogP contribution in [-0.4, -0.2) is 12.5 Å². The first-order valence-corrected chi connectivity index (χ1v) is 7.72. The summed E-state index contributed by atoms with van der Waals surface area (Å²) in [7, 11) is 0. The van der Waals surface area contributed by atoms with Gasteiger partial charge in [0.1, 0.15) is 5.92 Å². The van der Waals surface area contributed by atoms with Crippen molar-refractivity contribution >= 4 is 5.91 Å². The molecule has 3 heteroatoms. The number of benzene rings is 1. The van der Waals surface area contributed by atoms with E-state index in [0.717, 1.165) is 12.0 Å². The van der Waals surface area contributed by atoms with Crippen molar-refractivity contribution in [3.63, 3.8) is 0 Å². The number of carbonyl (C=O) groups is 1. The Morgan fingerprint density at radius 1 is 1.29 bits per heavy atom. The zero-order valence-corrected chi connectivity index (χ0v) is 13.4. The van der Waals surface area contributed by atoms with E-state index in [1.807, 2.05) is 30.3 Å². The molecule has 1 N–H and O–H groups in total. The number of nitrogens with zero attached hydrogens (tertiary/aromatic N) is 1. The number of hydrogen-bond donors (Lipinski definition) is 1. The van der Waals surface area contributed by atoms with E-state index in [4.69, 9.17) is 0 Å². The van der Waals surface area contributed by atoms with Gasteiger partial charge in [-0.1, -0.05) is 70.4 Å². The lowest BCUT2D eigenvalue weighted by atomic mass is 9.86. The molecule has 0 saturated heterocycles. The maximum Gasteiger partial charge on any atom is 0.241 e. The van der Waals surface area contributed by atoms with Gasteiger partial charge in [-0.25, -0.2) is 0 Å². The Labute approximate surface area is 128 Å². The fourth-order valence-electron chi connectivity index (χ4n) is 2.30. The van der Waals surface area contributed by atoms with Gasteiger partial charge in [0.25, 0.3) is 0 Å². The number of amides is 1. The summed E-state index contributed by atoms with van der Waals surface area (Å²) in [5.41, 5.74) is 0.822. The van der Waals surface area contributed by atoms with Crippen molar-refractivity contribution in [2.75, 3.05) is 6.54 Å². The summed E-state index contributed by atoms with van der Waals surface area (Å²) in [5.74, 6) is -0.926. The van der Waals surface area contributed by atoms with Crippen LogP contribution in [0.4, 0.5) is 0 Å². The lowest BCUT2D eigenvalue weighted by molar-refractivity contribution is -0.121. The first-order valence-electron chi connectivity index (χ1n) is 7.72. The average Bonchev–Trinajstić information content (AvgIpc) is 2.47. The minimum Gasteiger partial charge on any atom is -0.354 e. The third kappa shape index (κ3) is 5.99. The standard InChI is InChI=1S/C18H26N2O/c1-4-5-9-12-18(2,3)14-20-17(21)16(13-19)15-10-7-6-8-11-15/h6-8,10-11,16H,4-5,9,12,14H2,1-3H3,(H,20,21). The van der Waals surface area contributed by atoms with Gasteiger partial charge in [0.2, 0.25) is 5.91 Å². The molecule has 0 fully saturated rings. The van der Waals surface area contributed by atoms with Gasteiger partial charge in [0.15, 0.2) is 0 Å². The van der Waals surface area contributed by atoms with E-state index in [0.29, 0.717) is 6.54 Å². The molecular formula is C18H26N2O. The molecule has 1 aromatic carbocycles. The van der Waals surface area contributed by atoms with Gasteiger partial charge in [0.05, 0.1) is 6.07 Å².